The largest absolute Gasteiger partial charge is 0.369 e. The first-order chi connectivity index (χ1) is 8.79. The van der Waals surface area contributed by atoms with Crippen LogP contribution in [0.25, 0.3) is 0 Å². The molecule has 0 bridgehead atoms. The van der Waals surface area contributed by atoms with Crippen LogP contribution < -0.4 is 0 Å². The van der Waals surface area contributed by atoms with E-state index in [0.717, 1.165) is 17.5 Å². The van der Waals surface area contributed by atoms with E-state index in [9.17, 15) is 4.39 Å². The number of hydrogen-bond acceptors (Lipinski definition) is 1. The van der Waals surface area contributed by atoms with E-state index in [1.807, 2.05) is 30.3 Å². The van der Waals surface area contributed by atoms with Gasteiger partial charge >= 0.3 is 0 Å². The molecule has 0 spiro atoms. The number of benzene rings is 2. The number of hydrogen-bond donors (Lipinski definition) is 0. The second kappa shape index (κ2) is 6.31. The van der Waals surface area contributed by atoms with Gasteiger partial charge in [-0.1, -0.05) is 49.4 Å². The molecule has 0 saturated carbocycles. The minimum absolute atomic E-state index is 0.0193. The van der Waals surface area contributed by atoms with E-state index >= 15 is 0 Å². The van der Waals surface area contributed by atoms with Gasteiger partial charge in [0.05, 0.1) is 12.7 Å². The van der Waals surface area contributed by atoms with Gasteiger partial charge in [0.15, 0.2) is 0 Å². The van der Waals surface area contributed by atoms with Crippen LogP contribution in [0.1, 0.15) is 30.6 Å². The van der Waals surface area contributed by atoms with Crippen molar-refractivity contribution in [1.29, 1.82) is 0 Å². The smallest absolute Gasteiger partial charge is 0.123 e. The van der Waals surface area contributed by atoms with Crippen LogP contribution in [0.5, 0.6) is 0 Å². The standard InChI is InChI=1S/C16H17FO/c1-2-16(14-8-10-15(17)11-9-14)18-12-13-6-4-3-5-7-13/h3-11,16H,2,12H2,1H3. The summed E-state index contributed by atoms with van der Waals surface area (Å²) in [7, 11) is 0. The highest BCUT2D eigenvalue weighted by atomic mass is 19.1. The van der Waals surface area contributed by atoms with Gasteiger partial charge in [0.25, 0.3) is 0 Å². The van der Waals surface area contributed by atoms with Gasteiger partial charge in [-0.2, -0.15) is 0 Å². The van der Waals surface area contributed by atoms with E-state index in [2.05, 4.69) is 6.92 Å². The minimum Gasteiger partial charge on any atom is -0.369 e. The molecule has 1 atom stereocenters. The van der Waals surface area contributed by atoms with Gasteiger partial charge in [-0.05, 0) is 29.7 Å². The molecule has 18 heavy (non-hydrogen) atoms. The maximum absolute atomic E-state index is 12.9. The van der Waals surface area contributed by atoms with E-state index < -0.39 is 0 Å². The zero-order valence-corrected chi connectivity index (χ0v) is 10.5. The summed E-state index contributed by atoms with van der Waals surface area (Å²) < 4.78 is 18.7. The Labute approximate surface area is 107 Å². The summed E-state index contributed by atoms with van der Waals surface area (Å²) in [6, 6.07) is 16.6. The fourth-order valence-corrected chi connectivity index (χ4v) is 1.90. The van der Waals surface area contributed by atoms with Crippen molar-refractivity contribution in [2.75, 3.05) is 0 Å². The molecule has 0 saturated heterocycles. The molecular formula is C16H17FO. The number of halogens is 1. The molecule has 1 nitrogen and oxygen atoms in total. The molecule has 94 valence electrons. The SMILES string of the molecule is CCC(OCc1ccccc1)c1ccc(F)cc1. The van der Waals surface area contributed by atoms with Crippen LogP contribution in [0.3, 0.4) is 0 Å². The molecular weight excluding hydrogens is 227 g/mol. The third-order valence-corrected chi connectivity index (χ3v) is 2.91. The van der Waals surface area contributed by atoms with Crippen molar-refractivity contribution in [1.82, 2.24) is 0 Å². The molecule has 1 unspecified atom stereocenters. The molecule has 2 aromatic carbocycles. The average molecular weight is 244 g/mol. The van der Waals surface area contributed by atoms with Gasteiger partial charge in [-0.3, -0.25) is 0 Å². The lowest BCUT2D eigenvalue weighted by atomic mass is 10.1. The summed E-state index contributed by atoms with van der Waals surface area (Å²) in [6.45, 7) is 2.65. The average Bonchev–Trinajstić information content (AvgIpc) is 2.42. The third-order valence-electron chi connectivity index (χ3n) is 2.91. The Morgan fingerprint density at radius 3 is 2.28 bits per heavy atom. The summed E-state index contributed by atoms with van der Waals surface area (Å²) >= 11 is 0. The van der Waals surface area contributed by atoms with Gasteiger partial charge < -0.3 is 4.74 Å². The van der Waals surface area contributed by atoms with E-state index in [4.69, 9.17) is 4.74 Å². The molecule has 0 aliphatic heterocycles. The van der Waals surface area contributed by atoms with Crippen molar-refractivity contribution in [2.45, 2.75) is 26.1 Å². The molecule has 2 aromatic rings. The van der Waals surface area contributed by atoms with Crippen LogP contribution in [0.2, 0.25) is 0 Å². The summed E-state index contributed by atoms with van der Waals surface area (Å²) in [4.78, 5) is 0. The van der Waals surface area contributed by atoms with Crippen LogP contribution in [-0.2, 0) is 11.3 Å². The molecule has 0 heterocycles. The zero-order chi connectivity index (χ0) is 12.8. The van der Waals surface area contributed by atoms with Crippen LogP contribution in [-0.4, -0.2) is 0 Å². The van der Waals surface area contributed by atoms with Gasteiger partial charge in [0.2, 0.25) is 0 Å². The summed E-state index contributed by atoms with van der Waals surface area (Å²) in [5.74, 6) is -0.211. The maximum Gasteiger partial charge on any atom is 0.123 e. The maximum atomic E-state index is 12.9. The van der Waals surface area contributed by atoms with Gasteiger partial charge in [-0.15, -0.1) is 0 Å². The van der Waals surface area contributed by atoms with Gasteiger partial charge in [0.1, 0.15) is 5.82 Å². The Balaban J connectivity index is 1.99. The second-order valence-electron chi connectivity index (χ2n) is 4.25. The fraction of sp³-hybridized carbons (Fsp3) is 0.250. The Bertz CT molecular complexity index is 464. The lowest BCUT2D eigenvalue weighted by Gasteiger charge is -2.16. The van der Waals surface area contributed by atoms with Gasteiger partial charge in [-0.25, -0.2) is 4.39 Å². The Morgan fingerprint density at radius 1 is 1.00 bits per heavy atom. The van der Waals surface area contributed by atoms with Crippen LogP contribution in [0.4, 0.5) is 4.39 Å². The molecule has 0 N–H and O–H groups in total. The van der Waals surface area contributed by atoms with E-state index in [-0.39, 0.29) is 11.9 Å². The van der Waals surface area contributed by atoms with E-state index in [1.54, 1.807) is 12.1 Å². The Hall–Kier alpha value is -1.67. The Morgan fingerprint density at radius 2 is 1.67 bits per heavy atom. The van der Waals surface area contributed by atoms with E-state index in [0.29, 0.717) is 6.61 Å². The van der Waals surface area contributed by atoms with Crippen molar-refractivity contribution >= 4 is 0 Å². The molecule has 0 aliphatic carbocycles. The molecule has 0 radical (unpaired) electrons. The first kappa shape index (κ1) is 12.8. The van der Waals surface area contributed by atoms with Crippen LogP contribution >= 0.6 is 0 Å². The molecule has 0 aromatic heterocycles. The van der Waals surface area contributed by atoms with Crippen molar-refractivity contribution in [3.05, 3.63) is 71.5 Å². The number of ether oxygens (including phenoxy) is 1. The highest BCUT2D eigenvalue weighted by molar-refractivity contribution is 5.19. The summed E-state index contributed by atoms with van der Waals surface area (Å²) in [6.07, 6.45) is 0.893. The summed E-state index contributed by atoms with van der Waals surface area (Å²) in [5.41, 5.74) is 2.17. The fourth-order valence-electron chi connectivity index (χ4n) is 1.90. The molecule has 2 heteroatoms. The third kappa shape index (κ3) is 3.41. The summed E-state index contributed by atoms with van der Waals surface area (Å²) in [5, 5.41) is 0. The minimum atomic E-state index is -0.211. The van der Waals surface area contributed by atoms with Gasteiger partial charge in [0, 0.05) is 0 Å². The topological polar surface area (TPSA) is 9.23 Å². The quantitative estimate of drug-likeness (QED) is 0.752. The molecule has 0 fully saturated rings. The Kier molecular flexibility index (Phi) is 4.48. The lowest BCUT2D eigenvalue weighted by Crippen LogP contribution is -2.03. The highest BCUT2D eigenvalue weighted by Gasteiger charge is 2.09. The predicted molar refractivity (Wildman–Crippen MR) is 70.7 cm³/mol. The molecule has 2 rings (SSSR count). The molecule has 0 aliphatic rings. The second-order valence-corrected chi connectivity index (χ2v) is 4.25. The number of rotatable bonds is 5. The van der Waals surface area contributed by atoms with Crippen molar-refractivity contribution in [3.8, 4) is 0 Å². The van der Waals surface area contributed by atoms with Crippen LogP contribution in [0, 0.1) is 5.82 Å². The molecule has 0 amide bonds. The monoisotopic (exact) mass is 244 g/mol. The predicted octanol–water partition coefficient (Wildman–Crippen LogP) is 4.49. The van der Waals surface area contributed by atoms with Crippen LogP contribution in [0.15, 0.2) is 54.6 Å². The van der Waals surface area contributed by atoms with Crippen molar-refractivity contribution < 1.29 is 9.13 Å². The highest BCUT2D eigenvalue weighted by Crippen LogP contribution is 2.22. The normalized spacial score (nSPS) is 12.3. The first-order valence-electron chi connectivity index (χ1n) is 6.20. The van der Waals surface area contributed by atoms with E-state index in [1.165, 1.54) is 12.1 Å². The lowest BCUT2D eigenvalue weighted by molar-refractivity contribution is 0.0371. The van der Waals surface area contributed by atoms with Crippen molar-refractivity contribution in [2.24, 2.45) is 0 Å². The first-order valence-corrected chi connectivity index (χ1v) is 6.20. The zero-order valence-electron chi connectivity index (χ0n) is 10.5. The van der Waals surface area contributed by atoms with Crippen molar-refractivity contribution in [3.63, 3.8) is 0 Å².